The zero-order valence-electron chi connectivity index (χ0n) is 11.9. The van der Waals surface area contributed by atoms with Crippen molar-refractivity contribution in [2.24, 2.45) is 0 Å². The van der Waals surface area contributed by atoms with Gasteiger partial charge in [-0.05, 0) is 13.8 Å². The zero-order chi connectivity index (χ0) is 17.8. The molecular weight excluding hydrogens is 322 g/mol. The maximum Gasteiger partial charge on any atom is 0.410 e. The first kappa shape index (κ1) is 22.5. The van der Waals surface area contributed by atoms with Crippen LogP contribution < -0.4 is 0 Å². The minimum atomic E-state index is -4.45. The van der Waals surface area contributed by atoms with E-state index in [4.69, 9.17) is 0 Å². The summed E-state index contributed by atoms with van der Waals surface area (Å²) in [6.45, 7) is 3.25. The fourth-order valence-corrected chi connectivity index (χ4v) is 0.830. The van der Waals surface area contributed by atoms with Gasteiger partial charge in [-0.25, -0.2) is 4.79 Å². The highest BCUT2D eigenvalue weighted by molar-refractivity contribution is 5.81. The predicted molar refractivity (Wildman–Crippen MR) is 63.8 cm³/mol. The van der Waals surface area contributed by atoms with Crippen molar-refractivity contribution < 1.29 is 45.4 Å². The molecule has 0 unspecified atom stereocenters. The second kappa shape index (κ2) is 10.9. The fourth-order valence-electron chi connectivity index (χ4n) is 0.830. The third-order valence-corrected chi connectivity index (χ3v) is 1.61. The Morgan fingerprint density at radius 3 is 1.82 bits per heavy atom. The summed E-state index contributed by atoms with van der Waals surface area (Å²) in [5, 5.41) is 0. The lowest BCUT2D eigenvalue weighted by atomic mass is 10.3. The molecule has 0 saturated carbocycles. The van der Waals surface area contributed by atoms with Crippen molar-refractivity contribution in [2.75, 3.05) is 13.2 Å². The van der Waals surface area contributed by atoms with E-state index in [9.17, 15) is 35.9 Å². The third-order valence-electron chi connectivity index (χ3n) is 1.61. The van der Waals surface area contributed by atoms with Crippen molar-refractivity contribution in [1.82, 2.24) is 0 Å². The molecule has 0 N–H and O–H groups in total. The maximum atomic E-state index is 11.4. The Labute approximate surface area is 123 Å². The van der Waals surface area contributed by atoms with Gasteiger partial charge in [0.05, 0.1) is 26.1 Å². The molecule has 0 amide bonds. The van der Waals surface area contributed by atoms with Gasteiger partial charge in [0.25, 0.3) is 0 Å². The topological polar surface area (TPSA) is 52.6 Å². The lowest BCUT2D eigenvalue weighted by Crippen LogP contribution is -2.12. The SMILES string of the molecule is CCOC(=O)/C=C/C(F)(F)F.CCOC(=O)CCC(F)(F)F. The Kier molecular flexibility index (Phi) is 11.2. The molecule has 0 aliphatic heterocycles. The number of ether oxygens (including phenoxy) is 2. The molecule has 0 spiro atoms. The smallest absolute Gasteiger partial charge is 0.410 e. The van der Waals surface area contributed by atoms with Crippen LogP contribution in [-0.4, -0.2) is 37.5 Å². The summed E-state index contributed by atoms with van der Waals surface area (Å²) in [7, 11) is 0. The normalized spacial score (nSPS) is 11.6. The number of esters is 2. The molecule has 4 nitrogen and oxygen atoms in total. The van der Waals surface area contributed by atoms with Crippen molar-refractivity contribution in [3.63, 3.8) is 0 Å². The average Bonchev–Trinajstić information content (AvgIpc) is 2.34. The van der Waals surface area contributed by atoms with E-state index in [1.165, 1.54) is 6.92 Å². The van der Waals surface area contributed by atoms with Gasteiger partial charge in [0.1, 0.15) is 0 Å². The molecule has 0 rings (SSSR count). The number of carbonyl (C=O) groups excluding carboxylic acids is 2. The minimum absolute atomic E-state index is 0.0705. The van der Waals surface area contributed by atoms with Crippen LogP contribution in [0, 0.1) is 0 Å². The van der Waals surface area contributed by atoms with Crippen molar-refractivity contribution >= 4 is 11.9 Å². The molecule has 0 atom stereocenters. The van der Waals surface area contributed by atoms with Crippen LogP contribution in [0.25, 0.3) is 0 Å². The highest BCUT2D eigenvalue weighted by atomic mass is 19.4. The summed E-state index contributed by atoms with van der Waals surface area (Å²) < 4.78 is 76.9. The average molecular weight is 338 g/mol. The van der Waals surface area contributed by atoms with Crippen LogP contribution in [0.5, 0.6) is 0 Å². The summed E-state index contributed by atoms with van der Waals surface area (Å²) >= 11 is 0. The largest absolute Gasteiger partial charge is 0.466 e. The summed E-state index contributed by atoms with van der Waals surface area (Å²) in [6, 6.07) is 0. The molecule has 0 heterocycles. The number of halogens is 6. The van der Waals surface area contributed by atoms with Gasteiger partial charge in [-0.3, -0.25) is 4.79 Å². The number of hydrogen-bond acceptors (Lipinski definition) is 4. The van der Waals surface area contributed by atoms with Crippen LogP contribution in [0.15, 0.2) is 12.2 Å². The molecule has 0 bridgehead atoms. The van der Waals surface area contributed by atoms with Gasteiger partial charge in [-0.1, -0.05) is 0 Å². The van der Waals surface area contributed by atoms with E-state index in [0.717, 1.165) is 0 Å². The van der Waals surface area contributed by atoms with Crippen LogP contribution in [0.3, 0.4) is 0 Å². The molecule has 0 radical (unpaired) electrons. The Hall–Kier alpha value is -1.74. The van der Waals surface area contributed by atoms with Gasteiger partial charge in [-0.2, -0.15) is 26.3 Å². The first-order valence-corrected chi connectivity index (χ1v) is 6.06. The van der Waals surface area contributed by atoms with Crippen LogP contribution in [0.1, 0.15) is 26.7 Å². The molecule has 10 heteroatoms. The van der Waals surface area contributed by atoms with Gasteiger partial charge < -0.3 is 9.47 Å². The molecule has 0 saturated heterocycles. The summed E-state index contributed by atoms with van der Waals surface area (Å²) in [5.74, 6) is -1.78. The molecule has 22 heavy (non-hydrogen) atoms. The van der Waals surface area contributed by atoms with E-state index in [1.807, 2.05) is 0 Å². The number of carbonyl (C=O) groups is 2. The summed E-state index contributed by atoms with van der Waals surface area (Å²) in [5.41, 5.74) is 0. The first-order chi connectivity index (χ1) is 9.91. The quantitative estimate of drug-likeness (QED) is 0.437. The minimum Gasteiger partial charge on any atom is -0.466 e. The van der Waals surface area contributed by atoms with Gasteiger partial charge >= 0.3 is 24.3 Å². The van der Waals surface area contributed by atoms with E-state index in [1.54, 1.807) is 6.92 Å². The highest BCUT2D eigenvalue weighted by Gasteiger charge is 2.28. The maximum absolute atomic E-state index is 11.4. The Morgan fingerprint density at radius 2 is 1.45 bits per heavy atom. The number of rotatable bonds is 5. The number of allylic oxidation sites excluding steroid dienone is 1. The van der Waals surface area contributed by atoms with Gasteiger partial charge in [0.2, 0.25) is 0 Å². The molecule has 0 aromatic rings. The lowest BCUT2D eigenvalue weighted by Gasteiger charge is -2.04. The molecule has 0 aliphatic carbocycles. The molecule has 0 aliphatic rings. The van der Waals surface area contributed by atoms with Crippen molar-refractivity contribution in [1.29, 1.82) is 0 Å². The van der Waals surface area contributed by atoms with Crippen molar-refractivity contribution in [3.8, 4) is 0 Å². The first-order valence-electron chi connectivity index (χ1n) is 6.06. The fraction of sp³-hybridized carbons (Fsp3) is 0.667. The number of hydrogen-bond donors (Lipinski definition) is 0. The van der Waals surface area contributed by atoms with E-state index in [-0.39, 0.29) is 19.3 Å². The van der Waals surface area contributed by atoms with Crippen molar-refractivity contribution in [3.05, 3.63) is 12.2 Å². The van der Waals surface area contributed by atoms with Crippen LogP contribution >= 0.6 is 0 Å². The zero-order valence-corrected chi connectivity index (χ0v) is 11.9. The number of alkyl halides is 6. The van der Waals surface area contributed by atoms with E-state index in [2.05, 4.69) is 9.47 Å². The van der Waals surface area contributed by atoms with E-state index in [0.29, 0.717) is 6.08 Å². The van der Waals surface area contributed by atoms with Crippen LogP contribution in [0.2, 0.25) is 0 Å². The third kappa shape index (κ3) is 20.6. The standard InChI is InChI=1S/C6H9F3O2.C6H7F3O2/c2*1-2-11-5(10)3-4-6(7,8)9/h2-4H2,1H3;3-4H,2H2,1H3/b;4-3+. The second-order valence-electron chi connectivity index (χ2n) is 3.55. The second-order valence-corrected chi connectivity index (χ2v) is 3.55. The van der Waals surface area contributed by atoms with Crippen molar-refractivity contribution in [2.45, 2.75) is 39.0 Å². The molecule has 0 fully saturated rings. The van der Waals surface area contributed by atoms with Gasteiger partial charge in [-0.15, -0.1) is 0 Å². The Morgan fingerprint density at radius 1 is 0.955 bits per heavy atom. The van der Waals surface area contributed by atoms with Crippen LogP contribution in [0.4, 0.5) is 26.3 Å². The summed E-state index contributed by atoms with van der Waals surface area (Å²) in [6.07, 6.45) is -10.2. The van der Waals surface area contributed by atoms with Crippen LogP contribution in [-0.2, 0) is 19.1 Å². The summed E-state index contributed by atoms with van der Waals surface area (Å²) in [4.78, 5) is 20.6. The van der Waals surface area contributed by atoms with Gasteiger partial charge in [0.15, 0.2) is 0 Å². The van der Waals surface area contributed by atoms with E-state index < -0.39 is 37.1 Å². The Bertz CT molecular complexity index is 360. The predicted octanol–water partition coefficient (Wildman–Crippen LogP) is 3.56. The lowest BCUT2D eigenvalue weighted by molar-refractivity contribution is -0.156. The molecular formula is C12H16F6O4. The molecule has 0 aromatic heterocycles. The van der Waals surface area contributed by atoms with Gasteiger partial charge in [0, 0.05) is 12.2 Å². The molecule has 0 aromatic carbocycles. The van der Waals surface area contributed by atoms with E-state index >= 15 is 0 Å². The highest BCUT2D eigenvalue weighted by Crippen LogP contribution is 2.21. The molecule has 130 valence electrons. The Balaban J connectivity index is 0. The monoisotopic (exact) mass is 338 g/mol.